The molecule has 1 heterocycles. The molecule has 2 amide bonds. The fourth-order valence-electron chi connectivity index (χ4n) is 3.60. The Bertz CT molecular complexity index is 826. The molecule has 2 aliphatic rings. The number of fused-ring (bicyclic) bond motifs is 1. The van der Waals surface area contributed by atoms with Gasteiger partial charge in [0.05, 0.1) is 17.5 Å². The topological polar surface area (TPSA) is 37.4 Å². The minimum Gasteiger partial charge on any atom is -0.274 e. The zero-order chi connectivity index (χ0) is 16.7. The maximum absolute atomic E-state index is 12.9. The van der Waals surface area contributed by atoms with E-state index in [1.165, 1.54) is 4.90 Å². The van der Waals surface area contributed by atoms with Gasteiger partial charge in [-0.2, -0.15) is 0 Å². The summed E-state index contributed by atoms with van der Waals surface area (Å²) in [5.41, 5.74) is 2.96. The second-order valence-electron chi connectivity index (χ2n) is 6.24. The van der Waals surface area contributed by atoms with Gasteiger partial charge in [0.1, 0.15) is 0 Å². The standard InChI is InChI=1S/C20H16BrNO2/c21-15-7-9-16(10-8-15)22-19(23)17-11-6-14(12-18(17)20(22)24)13-4-2-1-3-5-13/h1-10,17-18H,11-12H2/t17-,18-/m0/s1. The maximum atomic E-state index is 12.9. The highest BCUT2D eigenvalue weighted by Crippen LogP contribution is 2.42. The van der Waals surface area contributed by atoms with Gasteiger partial charge in [0.25, 0.3) is 0 Å². The number of rotatable bonds is 2. The van der Waals surface area contributed by atoms with E-state index in [4.69, 9.17) is 0 Å². The third kappa shape index (κ3) is 2.51. The number of anilines is 1. The highest BCUT2D eigenvalue weighted by atomic mass is 79.9. The molecule has 2 atom stereocenters. The van der Waals surface area contributed by atoms with Gasteiger partial charge in [0, 0.05) is 4.47 Å². The van der Waals surface area contributed by atoms with Crippen LogP contribution < -0.4 is 4.90 Å². The third-order valence-electron chi connectivity index (χ3n) is 4.85. The Hall–Kier alpha value is -2.20. The highest BCUT2D eigenvalue weighted by Gasteiger charge is 2.49. The minimum atomic E-state index is -0.249. The molecular weight excluding hydrogens is 366 g/mol. The van der Waals surface area contributed by atoms with E-state index in [-0.39, 0.29) is 23.7 Å². The Kier molecular flexibility index (Phi) is 3.85. The summed E-state index contributed by atoms with van der Waals surface area (Å²) >= 11 is 3.38. The first kappa shape index (κ1) is 15.3. The summed E-state index contributed by atoms with van der Waals surface area (Å²) in [6.07, 6.45) is 3.38. The Labute approximate surface area is 149 Å². The minimum absolute atomic E-state index is 0.0734. The summed E-state index contributed by atoms with van der Waals surface area (Å²) in [7, 11) is 0. The van der Waals surface area contributed by atoms with Gasteiger partial charge in [-0.1, -0.05) is 52.3 Å². The molecule has 24 heavy (non-hydrogen) atoms. The summed E-state index contributed by atoms with van der Waals surface area (Å²) in [4.78, 5) is 27.0. The van der Waals surface area contributed by atoms with Gasteiger partial charge in [0.2, 0.25) is 11.8 Å². The molecule has 4 heteroatoms. The monoisotopic (exact) mass is 381 g/mol. The third-order valence-corrected chi connectivity index (χ3v) is 5.38. The molecule has 2 aromatic rings. The van der Waals surface area contributed by atoms with Gasteiger partial charge >= 0.3 is 0 Å². The molecule has 3 nitrogen and oxygen atoms in total. The number of amides is 2. The van der Waals surface area contributed by atoms with E-state index in [0.29, 0.717) is 18.5 Å². The average Bonchev–Trinajstić information content (AvgIpc) is 2.87. The molecule has 4 rings (SSSR count). The van der Waals surface area contributed by atoms with E-state index in [1.807, 2.05) is 42.5 Å². The van der Waals surface area contributed by atoms with Crippen LogP contribution >= 0.6 is 15.9 Å². The Balaban J connectivity index is 1.63. The summed E-state index contributed by atoms with van der Waals surface area (Å²) in [5.74, 6) is -0.625. The van der Waals surface area contributed by atoms with Crippen LogP contribution in [0.25, 0.3) is 5.57 Å². The predicted octanol–water partition coefficient (Wildman–Crippen LogP) is 4.43. The van der Waals surface area contributed by atoms with E-state index in [1.54, 1.807) is 0 Å². The second-order valence-corrected chi connectivity index (χ2v) is 7.15. The normalized spacial score (nSPS) is 23.2. The van der Waals surface area contributed by atoms with Gasteiger partial charge in [-0.25, -0.2) is 0 Å². The van der Waals surface area contributed by atoms with Crippen molar-refractivity contribution in [2.45, 2.75) is 12.8 Å². The number of nitrogens with zero attached hydrogens (tertiary/aromatic N) is 1. The number of benzene rings is 2. The number of hydrogen-bond acceptors (Lipinski definition) is 2. The molecule has 0 N–H and O–H groups in total. The first-order valence-corrected chi connectivity index (χ1v) is 8.82. The first-order valence-electron chi connectivity index (χ1n) is 8.03. The van der Waals surface area contributed by atoms with Crippen LogP contribution in [-0.2, 0) is 9.59 Å². The van der Waals surface area contributed by atoms with Crippen LogP contribution in [0.15, 0.2) is 65.1 Å². The van der Waals surface area contributed by atoms with Crippen molar-refractivity contribution in [2.75, 3.05) is 4.90 Å². The van der Waals surface area contributed by atoms with Crippen LogP contribution in [0.5, 0.6) is 0 Å². The van der Waals surface area contributed by atoms with Crippen LogP contribution in [0, 0.1) is 11.8 Å². The quantitative estimate of drug-likeness (QED) is 0.721. The zero-order valence-corrected chi connectivity index (χ0v) is 14.6. The fourth-order valence-corrected chi connectivity index (χ4v) is 3.87. The van der Waals surface area contributed by atoms with Gasteiger partial charge < -0.3 is 0 Å². The van der Waals surface area contributed by atoms with Crippen molar-refractivity contribution in [1.29, 1.82) is 0 Å². The molecule has 2 aromatic carbocycles. The van der Waals surface area contributed by atoms with Gasteiger partial charge in [-0.05, 0) is 48.2 Å². The molecule has 120 valence electrons. The number of carbonyl (C=O) groups is 2. The van der Waals surface area contributed by atoms with Crippen molar-refractivity contribution >= 4 is 39.0 Å². The summed E-state index contributed by atoms with van der Waals surface area (Å²) < 4.78 is 0.927. The van der Waals surface area contributed by atoms with E-state index in [9.17, 15) is 9.59 Å². The van der Waals surface area contributed by atoms with Crippen molar-refractivity contribution < 1.29 is 9.59 Å². The molecule has 0 aromatic heterocycles. The summed E-state index contributed by atoms with van der Waals surface area (Å²) in [6, 6.07) is 17.4. The Morgan fingerprint density at radius 2 is 1.54 bits per heavy atom. The second kappa shape index (κ2) is 6.02. The molecular formula is C20H16BrNO2. The lowest BCUT2D eigenvalue weighted by molar-refractivity contribution is -0.122. The van der Waals surface area contributed by atoms with Gasteiger partial charge in [-0.15, -0.1) is 0 Å². The van der Waals surface area contributed by atoms with Gasteiger partial charge in [0.15, 0.2) is 0 Å². The predicted molar refractivity (Wildman–Crippen MR) is 97.3 cm³/mol. The Morgan fingerprint density at radius 1 is 0.875 bits per heavy atom. The van der Waals surface area contributed by atoms with Crippen molar-refractivity contribution in [1.82, 2.24) is 0 Å². The molecule has 0 spiro atoms. The largest absolute Gasteiger partial charge is 0.274 e. The Morgan fingerprint density at radius 3 is 2.25 bits per heavy atom. The summed E-state index contributed by atoms with van der Waals surface area (Å²) in [5, 5.41) is 0. The van der Waals surface area contributed by atoms with Crippen molar-refractivity contribution in [2.24, 2.45) is 11.8 Å². The smallest absolute Gasteiger partial charge is 0.238 e. The highest BCUT2D eigenvalue weighted by molar-refractivity contribution is 9.10. The van der Waals surface area contributed by atoms with E-state index >= 15 is 0 Å². The summed E-state index contributed by atoms with van der Waals surface area (Å²) in [6.45, 7) is 0. The molecule has 1 aliphatic carbocycles. The number of allylic oxidation sites excluding steroid dienone is 2. The maximum Gasteiger partial charge on any atom is 0.238 e. The molecule has 1 aliphatic heterocycles. The van der Waals surface area contributed by atoms with Crippen LogP contribution in [0.3, 0.4) is 0 Å². The van der Waals surface area contributed by atoms with Crippen molar-refractivity contribution in [3.8, 4) is 0 Å². The number of imide groups is 1. The molecule has 0 radical (unpaired) electrons. The van der Waals surface area contributed by atoms with Crippen molar-refractivity contribution in [3.05, 3.63) is 70.7 Å². The van der Waals surface area contributed by atoms with Crippen LogP contribution in [0.2, 0.25) is 0 Å². The molecule has 0 bridgehead atoms. The lowest BCUT2D eigenvalue weighted by Crippen LogP contribution is -2.30. The van der Waals surface area contributed by atoms with Crippen LogP contribution in [0.1, 0.15) is 18.4 Å². The fraction of sp³-hybridized carbons (Fsp3) is 0.200. The molecule has 1 fully saturated rings. The van der Waals surface area contributed by atoms with E-state index in [0.717, 1.165) is 15.6 Å². The number of halogens is 1. The first-order chi connectivity index (χ1) is 11.6. The van der Waals surface area contributed by atoms with Crippen LogP contribution in [-0.4, -0.2) is 11.8 Å². The average molecular weight is 382 g/mol. The van der Waals surface area contributed by atoms with E-state index in [2.05, 4.69) is 34.1 Å². The lowest BCUT2D eigenvalue weighted by atomic mass is 9.79. The van der Waals surface area contributed by atoms with Crippen molar-refractivity contribution in [3.63, 3.8) is 0 Å². The SMILES string of the molecule is O=C1[C@H]2CC=C(c3ccccc3)C[C@@H]2C(=O)N1c1ccc(Br)cc1. The zero-order valence-electron chi connectivity index (χ0n) is 13.0. The molecule has 0 saturated carbocycles. The van der Waals surface area contributed by atoms with E-state index < -0.39 is 0 Å². The van der Waals surface area contributed by atoms with Gasteiger partial charge in [-0.3, -0.25) is 14.5 Å². The molecule has 0 unspecified atom stereocenters. The number of hydrogen-bond donors (Lipinski definition) is 0. The lowest BCUT2D eigenvalue weighted by Gasteiger charge is -2.21. The molecule has 1 saturated heterocycles. The number of carbonyl (C=O) groups excluding carboxylic acids is 2. The van der Waals surface area contributed by atoms with Crippen LogP contribution in [0.4, 0.5) is 5.69 Å².